The first-order chi connectivity index (χ1) is 9.82. The van der Waals surface area contributed by atoms with Gasteiger partial charge in [-0.25, -0.2) is 4.79 Å². The second-order valence-corrected chi connectivity index (χ2v) is 6.80. The van der Waals surface area contributed by atoms with Gasteiger partial charge in [0.1, 0.15) is 10.4 Å². The molecule has 2 rings (SSSR count). The summed E-state index contributed by atoms with van der Waals surface area (Å²) in [4.78, 5) is 25.6. The number of hydrogen-bond acceptors (Lipinski definition) is 4. The fourth-order valence-corrected chi connectivity index (χ4v) is 3.49. The molecule has 0 spiro atoms. The Kier molecular flexibility index (Phi) is 4.53. The van der Waals surface area contributed by atoms with Gasteiger partial charge in [0, 0.05) is 18.9 Å². The molecule has 2 heterocycles. The zero-order valence-corrected chi connectivity index (χ0v) is 13.6. The normalized spacial score (nSPS) is 18.9. The quantitative estimate of drug-likeness (QED) is 0.680. The van der Waals surface area contributed by atoms with Crippen LogP contribution in [0.1, 0.15) is 19.5 Å². The van der Waals surface area contributed by atoms with Crippen molar-refractivity contribution in [3.63, 3.8) is 0 Å². The molecule has 112 valence electrons. The van der Waals surface area contributed by atoms with E-state index in [1.807, 2.05) is 29.9 Å². The van der Waals surface area contributed by atoms with Gasteiger partial charge in [0.15, 0.2) is 0 Å². The van der Waals surface area contributed by atoms with Gasteiger partial charge in [0.2, 0.25) is 0 Å². The number of aliphatic carboxylic acids is 1. The van der Waals surface area contributed by atoms with Crippen LogP contribution in [-0.4, -0.2) is 36.8 Å². The predicted molar refractivity (Wildman–Crippen MR) is 86.7 cm³/mol. The second-order valence-electron chi connectivity index (χ2n) is 5.12. The van der Waals surface area contributed by atoms with Crippen molar-refractivity contribution in [1.29, 1.82) is 0 Å². The molecule has 21 heavy (non-hydrogen) atoms. The smallest absolute Gasteiger partial charge is 0.327 e. The highest BCUT2D eigenvalue weighted by molar-refractivity contribution is 8.26. The Hall–Kier alpha value is -1.60. The van der Waals surface area contributed by atoms with Crippen LogP contribution in [0.5, 0.6) is 0 Å². The molecule has 5 nitrogen and oxygen atoms in total. The molecule has 1 N–H and O–H groups in total. The molecule has 1 amide bonds. The van der Waals surface area contributed by atoms with Crippen molar-refractivity contribution in [3.8, 4) is 0 Å². The maximum absolute atomic E-state index is 12.5. The van der Waals surface area contributed by atoms with E-state index in [4.69, 9.17) is 12.2 Å². The maximum atomic E-state index is 12.5. The van der Waals surface area contributed by atoms with E-state index < -0.39 is 12.0 Å². The number of carboxylic acid groups (broad SMARTS) is 1. The van der Waals surface area contributed by atoms with Crippen molar-refractivity contribution < 1.29 is 14.7 Å². The SMILES string of the molecule is CC(C)[C@@H](C(=O)O)N1C(=O)/C(=C\c2cccn2C)SC1=S. The summed E-state index contributed by atoms with van der Waals surface area (Å²) in [6, 6.07) is 2.82. The Bertz CT molecular complexity index is 634. The number of amides is 1. The number of carboxylic acids is 1. The number of aromatic nitrogens is 1. The number of aryl methyl sites for hydroxylation is 1. The number of rotatable bonds is 4. The van der Waals surface area contributed by atoms with Gasteiger partial charge >= 0.3 is 5.97 Å². The minimum absolute atomic E-state index is 0.223. The molecule has 0 radical (unpaired) electrons. The standard InChI is InChI=1S/C14H16N2O3S2/c1-8(2)11(13(18)19)16-12(17)10(21-14(16)20)7-9-5-4-6-15(9)3/h4-8,11H,1-3H3,(H,18,19)/b10-7+/t11-/m0/s1. The van der Waals surface area contributed by atoms with Gasteiger partial charge in [-0.3, -0.25) is 9.69 Å². The van der Waals surface area contributed by atoms with E-state index in [-0.39, 0.29) is 11.8 Å². The van der Waals surface area contributed by atoms with E-state index in [0.29, 0.717) is 9.23 Å². The summed E-state index contributed by atoms with van der Waals surface area (Å²) in [7, 11) is 1.88. The summed E-state index contributed by atoms with van der Waals surface area (Å²) in [5, 5.41) is 9.34. The Labute approximate surface area is 132 Å². The maximum Gasteiger partial charge on any atom is 0.327 e. The highest BCUT2D eigenvalue weighted by Gasteiger charge is 2.41. The zero-order chi connectivity index (χ0) is 15.7. The third-order valence-corrected chi connectivity index (χ3v) is 4.58. The van der Waals surface area contributed by atoms with Gasteiger partial charge in [0.05, 0.1) is 4.91 Å². The van der Waals surface area contributed by atoms with Gasteiger partial charge in [-0.15, -0.1) is 0 Å². The van der Waals surface area contributed by atoms with Crippen LogP contribution in [0.3, 0.4) is 0 Å². The number of nitrogens with zero attached hydrogens (tertiary/aromatic N) is 2. The van der Waals surface area contributed by atoms with Crippen molar-refractivity contribution in [3.05, 3.63) is 28.9 Å². The van der Waals surface area contributed by atoms with Crippen LogP contribution in [0.2, 0.25) is 0 Å². The average Bonchev–Trinajstić information content (AvgIpc) is 2.88. The van der Waals surface area contributed by atoms with Crippen molar-refractivity contribution in [2.45, 2.75) is 19.9 Å². The van der Waals surface area contributed by atoms with Crippen molar-refractivity contribution >= 4 is 46.3 Å². The largest absolute Gasteiger partial charge is 0.480 e. The lowest BCUT2D eigenvalue weighted by atomic mass is 10.0. The van der Waals surface area contributed by atoms with Gasteiger partial charge in [-0.2, -0.15) is 0 Å². The van der Waals surface area contributed by atoms with Gasteiger partial charge in [0.25, 0.3) is 5.91 Å². The molecule has 0 aromatic carbocycles. The molecule has 0 aliphatic carbocycles. The molecule has 1 aliphatic heterocycles. The van der Waals surface area contributed by atoms with E-state index in [9.17, 15) is 14.7 Å². The fourth-order valence-electron chi connectivity index (χ4n) is 2.17. The number of carbonyl (C=O) groups is 2. The van der Waals surface area contributed by atoms with Crippen molar-refractivity contribution in [1.82, 2.24) is 9.47 Å². The zero-order valence-electron chi connectivity index (χ0n) is 11.9. The molecule has 1 fully saturated rings. The third kappa shape index (κ3) is 3.03. The number of hydrogen-bond donors (Lipinski definition) is 1. The van der Waals surface area contributed by atoms with Crippen LogP contribution in [-0.2, 0) is 16.6 Å². The van der Waals surface area contributed by atoms with Crippen LogP contribution in [0.4, 0.5) is 0 Å². The van der Waals surface area contributed by atoms with Crippen LogP contribution < -0.4 is 0 Å². The molecule has 1 atom stereocenters. The first-order valence-electron chi connectivity index (χ1n) is 6.44. The Morgan fingerprint density at radius 1 is 1.48 bits per heavy atom. The van der Waals surface area contributed by atoms with E-state index in [0.717, 1.165) is 17.5 Å². The summed E-state index contributed by atoms with van der Waals surface area (Å²) in [6.07, 6.45) is 3.61. The molecule has 0 bridgehead atoms. The highest BCUT2D eigenvalue weighted by Crippen LogP contribution is 2.35. The third-order valence-electron chi connectivity index (χ3n) is 3.25. The predicted octanol–water partition coefficient (Wildman–Crippen LogP) is 2.34. The number of thiocarbonyl (C=S) groups is 1. The minimum atomic E-state index is -1.04. The molecule has 1 aliphatic rings. The van der Waals surface area contributed by atoms with Crippen LogP contribution >= 0.6 is 24.0 Å². The summed E-state index contributed by atoms with van der Waals surface area (Å²) in [6.45, 7) is 3.52. The summed E-state index contributed by atoms with van der Waals surface area (Å²) in [5.41, 5.74) is 0.868. The van der Waals surface area contributed by atoms with Gasteiger partial charge in [-0.1, -0.05) is 37.8 Å². The number of thioether (sulfide) groups is 1. The molecule has 1 saturated heterocycles. The lowest BCUT2D eigenvalue weighted by Gasteiger charge is -2.26. The van der Waals surface area contributed by atoms with Gasteiger partial charge < -0.3 is 9.67 Å². The first kappa shape index (κ1) is 15.8. The Morgan fingerprint density at radius 2 is 2.14 bits per heavy atom. The highest BCUT2D eigenvalue weighted by atomic mass is 32.2. The van der Waals surface area contributed by atoms with E-state index >= 15 is 0 Å². The van der Waals surface area contributed by atoms with E-state index in [2.05, 4.69) is 0 Å². The molecule has 7 heteroatoms. The van der Waals surface area contributed by atoms with Crippen LogP contribution in [0, 0.1) is 5.92 Å². The van der Waals surface area contributed by atoms with Gasteiger partial charge in [-0.05, 0) is 24.1 Å². The Morgan fingerprint density at radius 3 is 2.62 bits per heavy atom. The molecule has 0 saturated carbocycles. The molecule has 1 aromatic rings. The molecular weight excluding hydrogens is 308 g/mol. The van der Waals surface area contributed by atoms with Crippen LogP contribution in [0.15, 0.2) is 23.2 Å². The summed E-state index contributed by atoms with van der Waals surface area (Å²) in [5.74, 6) is -1.60. The van der Waals surface area contributed by atoms with Crippen molar-refractivity contribution in [2.24, 2.45) is 13.0 Å². The average molecular weight is 324 g/mol. The summed E-state index contributed by atoms with van der Waals surface area (Å²) < 4.78 is 2.17. The molecule has 0 unspecified atom stereocenters. The summed E-state index contributed by atoms with van der Waals surface area (Å²) >= 11 is 6.34. The fraction of sp³-hybridized carbons (Fsp3) is 0.357. The second kappa shape index (κ2) is 6.03. The first-order valence-corrected chi connectivity index (χ1v) is 7.66. The lowest BCUT2D eigenvalue weighted by molar-refractivity contribution is -0.146. The van der Waals surface area contributed by atoms with E-state index in [1.54, 1.807) is 19.9 Å². The molecule has 1 aromatic heterocycles. The number of carbonyl (C=O) groups excluding carboxylic acids is 1. The minimum Gasteiger partial charge on any atom is -0.480 e. The lowest BCUT2D eigenvalue weighted by Crippen LogP contribution is -2.47. The topological polar surface area (TPSA) is 62.5 Å². The molecular formula is C14H16N2O3S2. The van der Waals surface area contributed by atoms with Crippen molar-refractivity contribution in [2.75, 3.05) is 0 Å². The monoisotopic (exact) mass is 324 g/mol. The van der Waals surface area contributed by atoms with Crippen LogP contribution in [0.25, 0.3) is 6.08 Å². The Balaban J connectivity index is 2.34. The van der Waals surface area contributed by atoms with E-state index in [1.165, 1.54) is 4.90 Å².